The fraction of sp³-hybridized carbons (Fsp3) is 0.667. The number of hydrogen-bond acceptors (Lipinski definition) is 4. The first kappa shape index (κ1) is 7.37. The molecule has 0 radical (unpaired) electrons. The van der Waals surface area contributed by atoms with Gasteiger partial charge in [-0.2, -0.15) is 0 Å². The molecule has 1 rings (SSSR count). The minimum Gasteiger partial charge on any atom is -0.498 e. The van der Waals surface area contributed by atoms with Gasteiger partial charge in [0.05, 0.1) is 19.4 Å². The zero-order valence-electron chi connectivity index (χ0n) is 5.60. The van der Waals surface area contributed by atoms with Gasteiger partial charge in [-0.1, -0.05) is 0 Å². The molecule has 1 aliphatic heterocycles. The van der Waals surface area contributed by atoms with E-state index in [1.165, 1.54) is 6.26 Å². The molecule has 0 bridgehead atoms. The van der Waals surface area contributed by atoms with Crippen LogP contribution in [0.5, 0.6) is 0 Å². The Morgan fingerprint density at radius 3 is 3.00 bits per heavy atom. The molecule has 0 aromatic heterocycles. The van der Waals surface area contributed by atoms with Gasteiger partial charge in [0, 0.05) is 6.20 Å². The van der Waals surface area contributed by atoms with Gasteiger partial charge in [-0.05, 0) is 0 Å². The fourth-order valence-corrected chi connectivity index (χ4v) is 0.775. The maximum atomic E-state index is 9.05. The van der Waals surface area contributed by atoms with E-state index in [9.17, 15) is 0 Å². The van der Waals surface area contributed by atoms with Crippen molar-refractivity contribution in [2.75, 3.05) is 19.8 Å². The van der Waals surface area contributed by atoms with Crippen LogP contribution in [0.25, 0.3) is 0 Å². The zero-order valence-corrected chi connectivity index (χ0v) is 5.60. The third-order valence-electron chi connectivity index (χ3n) is 1.36. The van der Waals surface area contributed by atoms with Gasteiger partial charge >= 0.3 is 0 Å². The highest BCUT2D eigenvalue weighted by Crippen LogP contribution is 2.01. The molecule has 58 valence electrons. The molecule has 4 heteroatoms. The lowest BCUT2D eigenvalue weighted by Crippen LogP contribution is -2.37. The van der Waals surface area contributed by atoms with Gasteiger partial charge in [-0.3, -0.25) is 0 Å². The van der Waals surface area contributed by atoms with Gasteiger partial charge in [0.2, 0.25) is 0 Å². The Morgan fingerprint density at radius 2 is 2.50 bits per heavy atom. The lowest BCUT2D eigenvalue weighted by atomic mass is 10.4. The molecule has 1 aliphatic rings. The van der Waals surface area contributed by atoms with Crippen molar-refractivity contribution in [3.05, 3.63) is 12.5 Å². The van der Waals surface area contributed by atoms with Gasteiger partial charge in [-0.25, -0.2) is 0 Å². The third-order valence-corrected chi connectivity index (χ3v) is 1.36. The largest absolute Gasteiger partial charge is 0.498 e. The summed E-state index contributed by atoms with van der Waals surface area (Å²) in [5, 5.41) is 17.6. The highest BCUT2D eigenvalue weighted by molar-refractivity contribution is 4.81. The maximum Gasteiger partial charge on any atom is 0.150 e. The Hall–Kier alpha value is -0.740. The molecular weight excluding hydrogens is 134 g/mol. The van der Waals surface area contributed by atoms with Gasteiger partial charge < -0.3 is 19.8 Å². The van der Waals surface area contributed by atoms with Crippen LogP contribution in [-0.4, -0.2) is 41.1 Å². The second-order valence-electron chi connectivity index (χ2n) is 2.06. The summed E-state index contributed by atoms with van der Waals surface area (Å²) in [5.74, 6) is 0. The first-order valence-electron chi connectivity index (χ1n) is 3.17. The van der Waals surface area contributed by atoms with Crippen molar-refractivity contribution < 1.29 is 14.9 Å². The van der Waals surface area contributed by atoms with Crippen molar-refractivity contribution in [3.63, 3.8) is 0 Å². The molecule has 0 fully saturated rings. The molecule has 0 amide bonds. The summed E-state index contributed by atoms with van der Waals surface area (Å²) in [7, 11) is 0. The SMILES string of the molecule is OCC(O)N1C=COCC1. The van der Waals surface area contributed by atoms with E-state index in [1.54, 1.807) is 11.1 Å². The highest BCUT2D eigenvalue weighted by Gasteiger charge is 2.11. The number of nitrogens with zero attached hydrogens (tertiary/aromatic N) is 1. The number of rotatable bonds is 2. The highest BCUT2D eigenvalue weighted by atomic mass is 16.5. The van der Waals surface area contributed by atoms with Crippen molar-refractivity contribution in [1.29, 1.82) is 0 Å². The van der Waals surface area contributed by atoms with Crippen molar-refractivity contribution in [2.45, 2.75) is 6.23 Å². The van der Waals surface area contributed by atoms with E-state index in [4.69, 9.17) is 14.9 Å². The molecule has 0 aromatic rings. The summed E-state index contributed by atoms with van der Waals surface area (Å²) in [6.45, 7) is 0.941. The molecule has 1 unspecified atom stereocenters. The molecule has 0 saturated carbocycles. The van der Waals surface area contributed by atoms with Crippen molar-refractivity contribution in [3.8, 4) is 0 Å². The Kier molecular flexibility index (Phi) is 2.53. The summed E-state index contributed by atoms with van der Waals surface area (Å²) in [6, 6.07) is 0. The summed E-state index contributed by atoms with van der Waals surface area (Å²) >= 11 is 0. The van der Waals surface area contributed by atoms with E-state index < -0.39 is 6.23 Å². The van der Waals surface area contributed by atoms with Gasteiger partial charge in [0.25, 0.3) is 0 Å². The quantitative estimate of drug-likeness (QED) is 0.528. The number of hydrogen-bond donors (Lipinski definition) is 2. The Morgan fingerprint density at radius 1 is 1.70 bits per heavy atom. The van der Waals surface area contributed by atoms with E-state index in [2.05, 4.69) is 0 Å². The first-order valence-corrected chi connectivity index (χ1v) is 3.17. The second kappa shape index (κ2) is 3.43. The summed E-state index contributed by atoms with van der Waals surface area (Å²) in [4.78, 5) is 1.61. The van der Waals surface area contributed by atoms with E-state index >= 15 is 0 Å². The van der Waals surface area contributed by atoms with E-state index in [-0.39, 0.29) is 6.61 Å². The predicted molar refractivity (Wildman–Crippen MR) is 34.9 cm³/mol. The maximum absolute atomic E-state index is 9.05. The molecule has 0 spiro atoms. The lowest BCUT2D eigenvalue weighted by Gasteiger charge is -2.26. The second-order valence-corrected chi connectivity index (χ2v) is 2.06. The van der Waals surface area contributed by atoms with Crippen LogP contribution in [0.15, 0.2) is 12.5 Å². The Balaban J connectivity index is 2.38. The van der Waals surface area contributed by atoms with Crippen LogP contribution < -0.4 is 0 Å². The lowest BCUT2D eigenvalue weighted by molar-refractivity contribution is -0.0243. The van der Waals surface area contributed by atoms with Gasteiger partial charge in [0.15, 0.2) is 0 Å². The molecule has 4 nitrogen and oxygen atoms in total. The Bertz CT molecular complexity index is 126. The minimum atomic E-state index is -0.792. The van der Waals surface area contributed by atoms with E-state index in [0.29, 0.717) is 13.2 Å². The van der Waals surface area contributed by atoms with Crippen molar-refractivity contribution in [1.82, 2.24) is 4.90 Å². The van der Waals surface area contributed by atoms with Gasteiger partial charge in [-0.15, -0.1) is 0 Å². The average molecular weight is 145 g/mol. The fourth-order valence-electron chi connectivity index (χ4n) is 0.775. The molecule has 1 atom stereocenters. The molecule has 0 aromatic carbocycles. The summed E-state index contributed by atoms with van der Waals surface area (Å²) in [6.07, 6.45) is 2.33. The number of aliphatic hydroxyl groups is 2. The standard InChI is InChI=1S/C6H11NO3/c8-5-6(9)7-1-3-10-4-2-7/h1,3,6,8-9H,2,4-5H2. The zero-order chi connectivity index (χ0) is 7.40. The summed E-state index contributed by atoms with van der Waals surface area (Å²) < 4.78 is 4.88. The molecule has 2 N–H and O–H groups in total. The first-order chi connectivity index (χ1) is 4.84. The average Bonchev–Trinajstić information content (AvgIpc) is 2.05. The van der Waals surface area contributed by atoms with Crippen LogP contribution in [-0.2, 0) is 4.74 Å². The molecule has 1 heterocycles. The van der Waals surface area contributed by atoms with Crippen molar-refractivity contribution in [2.24, 2.45) is 0 Å². The molecular formula is C6H11NO3. The molecule has 0 saturated heterocycles. The molecule has 0 aliphatic carbocycles. The van der Waals surface area contributed by atoms with Crippen LogP contribution in [0, 0.1) is 0 Å². The van der Waals surface area contributed by atoms with E-state index in [0.717, 1.165) is 0 Å². The number of aliphatic hydroxyl groups excluding tert-OH is 2. The Labute approximate surface area is 59.3 Å². The van der Waals surface area contributed by atoms with Crippen LogP contribution in [0.4, 0.5) is 0 Å². The minimum absolute atomic E-state index is 0.246. The third kappa shape index (κ3) is 1.62. The smallest absolute Gasteiger partial charge is 0.150 e. The van der Waals surface area contributed by atoms with E-state index in [1.807, 2.05) is 0 Å². The van der Waals surface area contributed by atoms with Crippen LogP contribution >= 0.6 is 0 Å². The normalized spacial score (nSPS) is 20.4. The topological polar surface area (TPSA) is 52.9 Å². The van der Waals surface area contributed by atoms with Crippen LogP contribution in [0.1, 0.15) is 0 Å². The van der Waals surface area contributed by atoms with Crippen molar-refractivity contribution >= 4 is 0 Å². The number of ether oxygens (including phenoxy) is 1. The predicted octanol–water partition coefficient (Wildman–Crippen LogP) is -0.899. The monoisotopic (exact) mass is 145 g/mol. The van der Waals surface area contributed by atoms with Crippen LogP contribution in [0.3, 0.4) is 0 Å². The van der Waals surface area contributed by atoms with Gasteiger partial charge in [0.1, 0.15) is 12.8 Å². The molecule has 10 heavy (non-hydrogen) atoms. The summed E-state index contributed by atoms with van der Waals surface area (Å²) in [5.41, 5.74) is 0. The van der Waals surface area contributed by atoms with Crippen LogP contribution in [0.2, 0.25) is 0 Å².